The van der Waals surface area contributed by atoms with Crippen molar-refractivity contribution >= 4 is 0 Å². The van der Waals surface area contributed by atoms with Crippen molar-refractivity contribution in [2.45, 2.75) is 71.1 Å². The van der Waals surface area contributed by atoms with Crippen molar-refractivity contribution in [3.05, 3.63) is 10.1 Å². The van der Waals surface area contributed by atoms with Crippen LogP contribution in [0, 0.1) is 10.1 Å². The third-order valence-corrected chi connectivity index (χ3v) is 2.69. The van der Waals surface area contributed by atoms with E-state index < -0.39 is 0 Å². The number of nitrogens with zero attached hydrogens (tertiary/aromatic N) is 1. The number of unbranched alkanes of at least 4 members (excludes halogenated alkanes) is 9. The molecule has 0 aliphatic carbocycles. The largest absolute Gasteiger partial charge is 0.265 e. The van der Waals surface area contributed by atoms with Crippen LogP contribution in [0.15, 0.2) is 0 Å². The monoisotopic (exact) mass is 215 g/mol. The van der Waals surface area contributed by atoms with E-state index in [0.29, 0.717) is 0 Å². The molecule has 0 N–H and O–H groups in total. The van der Waals surface area contributed by atoms with Gasteiger partial charge < -0.3 is 0 Å². The van der Waals surface area contributed by atoms with Crippen LogP contribution in [0.3, 0.4) is 0 Å². The molecule has 0 heterocycles. The van der Waals surface area contributed by atoms with Crippen molar-refractivity contribution in [3.8, 4) is 0 Å². The third kappa shape index (κ3) is 13.4. The molecule has 0 aromatic heterocycles. The fourth-order valence-corrected chi connectivity index (χ4v) is 1.73. The lowest BCUT2D eigenvalue weighted by molar-refractivity contribution is -0.480. The number of nitro groups is 1. The summed E-state index contributed by atoms with van der Waals surface area (Å²) in [5.74, 6) is 0. The van der Waals surface area contributed by atoms with Crippen molar-refractivity contribution in [2.24, 2.45) is 0 Å². The quantitative estimate of drug-likeness (QED) is 0.295. The zero-order valence-corrected chi connectivity index (χ0v) is 10.0. The average Bonchev–Trinajstić information content (AvgIpc) is 2.20. The molecule has 3 nitrogen and oxygen atoms in total. The van der Waals surface area contributed by atoms with Crippen LogP contribution in [0.25, 0.3) is 0 Å². The van der Waals surface area contributed by atoms with Gasteiger partial charge >= 0.3 is 0 Å². The van der Waals surface area contributed by atoms with Gasteiger partial charge in [0.1, 0.15) is 0 Å². The molecule has 0 spiro atoms. The molecule has 0 radical (unpaired) electrons. The van der Waals surface area contributed by atoms with E-state index in [1.165, 1.54) is 51.4 Å². The fourth-order valence-electron chi connectivity index (χ4n) is 1.73. The number of rotatable bonds is 11. The van der Waals surface area contributed by atoms with Crippen LogP contribution in [0.1, 0.15) is 71.1 Å². The summed E-state index contributed by atoms with van der Waals surface area (Å²) >= 11 is 0. The molecule has 3 heteroatoms. The molecular weight excluding hydrogens is 190 g/mol. The second kappa shape index (κ2) is 11.5. The van der Waals surface area contributed by atoms with Crippen molar-refractivity contribution in [1.82, 2.24) is 0 Å². The van der Waals surface area contributed by atoms with Crippen LogP contribution in [-0.2, 0) is 0 Å². The Morgan fingerprint density at radius 2 is 1.20 bits per heavy atom. The molecule has 0 aliphatic heterocycles. The molecular formula is C12H25NO2. The van der Waals surface area contributed by atoms with E-state index in [4.69, 9.17) is 0 Å². The van der Waals surface area contributed by atoms with Crippen LogP contribution < -0.4 is 0 Å². The van der Waals surface area contributed by atoms with Crippen molar-refractivity contribution < 1.29 is 4.92 Å². The Bertz CT molecular complexity index is 149. The number of hydrogen-bond acceptors (Lipinski definition) is 2. The number of hydrogen-bond donors (Lipinski definition) is 0. The average molecular weight is 215 g/mol. The smallest absolute Gasteiger partial charge is 0.203 e. The van der Waals surface area contributed by atoms with E-state index in [-0.39, 0.29) is 11.5 Å². The molecule has 90 valence electrons. The standard InChI is InChI=1S/C12H25NO2/c1-2-3-4-5-6-7-8-9-10-11-12-13(14)15/h2-12H2,1H3. The normalized spacial score (nSPS) is 10.5. The second-order valence-electron chi connectivity index (χ2n) is 4.24. The first-order valence-corrected chi connectivity index (χ1v) is 6.39. The molecule has 0 atom stereocenters. The highest BCUT2D eigenvalue weighted by Gasteiger charge is 1.96. The van der Waals surface area contributed by atoms with Gasteiger partial charge in [-0.15, -0.1) is 0 Å². The first-order valence-electron chi connectivity index (χ1n) is 6.39. The first-order chi connectivity index (χ1) is 7.27. The van der Waals surface area contributed by atoms with E-state index in [2.05, 4.69) is 6.92 Å². The van der Waals surface area contributed by atoms with Gasteiger partial charge in [0.2, 0.25) is 6.54 Å². The highest BCUT2D eigenvalue weighted by Crippen LogP contribution is 2.10. The predicted octanol–water partition coefficient (Wildman–Crippen LogP) is 4.18. The van der Waals surface area contributed by atoms with Gasteiger partial charge in [-0.1, -0.05) is 58.3 Å². The minimum Gasteiger partial charge on any atom is -0.265 e. The molecule has 0 saturated carbocycles. The molecule has 0 bridgehead atoms. The van der Waals surface area contributed by atoms with E-state index in [9.17, 15) is 10.1 Å². The molecule has 15 heavy (non-hydrogen) atoms. The van der Waals surface area contributed by atoms with Gasteiger partial charge in [0.25, 0.3) is 0 Å². The summed E-state index contributed by atoms with van der Waals surface area (Å²) < 4.78 is 0. The zero-order chi connectivity index (χ0) is 11.4. The summed E-state index contributed by atoms with van der Waals surface area (Å²) in [6, 6.07) is 0. The van der Waals surface area contributed by atoms with E-state index in [1.54, 1.807) is 0 Å². The topological polar surface area (TPSA) is 43.1 Å². The van der Waals surface area contributed by atoms with Crippen molar-refractivity contribution in [2.75, 3.05) is 6.54 Å². The first kappa shape index (κ1) is 14.4. The minimum absolute atomic E-state index is 0.149. The van der Waals surface area contributed by atoms with Gasteiger partial charge in [0.05, 0.1) is 0 Å². The maximum absolute atomic E-state index is 10.0. The van der Waals surface area contributed by atoms with Crippen LogP contribution in [0.2, 0.25) is 0 Å². The summed E-state index contributed by atoms with van der Waals surface area (Å²) in [5.41, 5.74) is 0. The third-order valence-electron chi connectivity index (χ3n) is 2.69. The Hall–Kier alpha value is -0.600. The molecule has 0 unspecified atom stereocenters. The van der Waals surface area contributed by atoms with Crippen LogP contribution in [-0.4, -0.2) is 11.5 Å². The Morgan fingerprint density at radius 1 is 0.800 bits per heavy atom. The predicted molar refractivity (Wildman–Crippen MR) is 63.7 cm³/mol. The molecule has 0 saturated heterocycles. The molecule has 0 aromatic carbocycles. The van der Waals surface area contributed by atoms with Gasteiger partial charge in [-0.05, 0) is 6.42 Å². The lowest BCUT2D eigenvalue weighted by Gasteiger charge is -2.00. The fraction of sp³-hybridized carbons (Fsp3) is 1.00. The Morgan fingerprint density at radius 3 is 1.60 bits per heavy atom. The molecule has 0 aliphatic rings. The van der Waals surface area contributed by atoms with Gasteiger partial charge in [0, 0.05) is 11.3 Å². The lowest BCUT2D eigenvalue weighted by Crippen LogP contribution is -1.99. The minimum atomic E-state index is -0.218. The van der Waals surface area contributed by atoms with Gasteiger partial charge in [0.15, 0.2) is 0 Å². The van der Waals surface area contributed by atoms with Crippen molar-refractivity contribution in [1.29, 1.82) is 0 Å². The summed E-state index contributed by atoms with van der Waals surface area (Å²) in [5, 5.41) is 10.0. The van der Waals surface area contributed by atoms with E-state index >= 15 is 0 Å². The maximum Gasteiger partial charge on any atom is 0.203 e. The summed E-state index contributed by atoms with van der Waals surface area (Å²) in [7, 11) is 0. The Labute approximate surface area is 93.4 Å². The maximum atomic E-state index is 10.0. The zero-order valence-electron chi connectivity index (χ0n) is 10.0. The summed E-state index contributed by atoms with van der Waals surface area (Å²) in [4.78, 5) is 9.82. The second-order valence-corrected chi connectivity index (χ2v) is 4.24. The highest BCUT2D eigenvalue weighted by atomic mass is 16.6. The molecule has 0 amide bonds. The van der Waals surface area contributed by atoms with Gasteiger partial charge in [-0.25, -0.2) is 0 Å². The molecule has 0 aromatic rings. The van der Waals surface area contributed by atoms with Crippen LogP contribution in [0.5, 0.6) is 0 Å². The highest BCUT2D eigenvalue weighted by molar-refractivity contribution is 4.46. The Kier molecular flexibility index (Phi) is 11.0. The van der Waals surface area contributed by atoms with Crippen LogP contribution >= 0.6 is 0 Å². The van der Waals surface area contributed by atoms with Gasteiger partial charge in [-0.2, -0.15) is 0 Å². The van der Waals surface area contributed by atoms with Crippen molar-refractivity contribution in [3.63, 3.8) is 0 Å². The SMILES string of the molecule is CCCCCCCCCCCC[N+](=O)[O-]. The van der Waals surface area contributed by atoms with E-state index in [1.807, 2.05) is 0 Å². The summed E-state index contributed by atoms with van der Waals surface area (Å²) in [6.45, 7) is 2.38. The van der Waals surface area contributed by atoms with Gasteiger partial charge in [-0.3, -0.25) is 10.1 Å². The van der Waals surface area contributed by atoms with Crippen LogP contribution in [0.4, 0.5) is 0 Å². The summed E-state index contributed by atoms with van der Waals surface area (Å²) in [6.07, 6.45) is 12.3. The molecule has 0 fully saturated rings. The molecule has 0 rings (SSSR count). The van der Waals surface area contributed by atoms with E-state index in [0.717, 1.165) is 12.8 Å². The Balaban J connectivity index is 2.89. The lowest BCUT2D eigenvalue weighted by atomic mass is 10.1.